The van der Waals surface area contributed by atoms with Crippen LogP contribution in [0, 0.1) is 5.82 Å². The third-order valence-electron chi connectivity index (χ3n) is 3.18. The maximum Gasteiger partial charge on any atom is 0.141 e. The summed E-state index contributed by atoms with van der Waals surface area (Å²) in [6.07, 6.45) is 3.08. The summed E-state index contributed by atoms with van der Waals surface area (Å²) in [5.74, 6) is 1.73. The van der Waals surface area contributed by atoms with Gasteiger partial charge < -0.3 is 5.73 Å². The van der Waals surface area contributed by atoms with Gasteiger partial charge in [0.05, 0.1) is 5.75 Å². The van der Waals surface area contributed by atoms with Crippen LogP contribution >= 0.6 is 11.8 Å². The highest BCUT2D eigenvalue weighted by molar-refractivity contribution is 7.98. The minimum Gasteiger partial charge on any atom is -0.383 e. The highest BCUT2D eigenvalue weighted by Gasteiger charge is 2.17. The topological polar surface area (TPSA) is 51.8 Å². The molecule has 0 unspecified atom stereocenters. The number of thioether (sulfide) groups is 1. The Labute approximate surface area is 115 Å². The van der Waals surface area contributed by atoms with Crippen molar-refractivity contribution in [2.24, 2.45) is 0 Å². The first-order chi connectivity index (χ1) is 9.22. The number of benzene rings is 1. The van der Waals surface area contributed by atoms with Crippen molar-refractivity contribution in [1.29, 1.82) is 0 Å². The Kier molecular flexibility index (Phi) is 3.38. The number of nitrogens with zero attached hydrogens (tertiary/aromatic N) is 2. The number of anilines is 1. The fraction of sp³-hybridized carbons (Fsp3) is 0.286. The van der Waals surface area contributed by atoms with Crippen LogP contribution in [0.15, 0.2) is 29.2 Å². The Bertz CT molecular complexity index is 616. The van der Waals surface area contributed by atoms with Gasteiger partial charge in [-0.2, -0.15) is 0 Å². The number of hydrogen-bond acceptors (Lipinski definition) is 4. The number of aromatic nitrogens is 2. The first-order valence-corrected chi connectivity index (χ1v) is 7.23. The van der Waals surface area contributed by atoms with Gasteiger partial charge in [-0.15, -0.1) is 11.8 Å². The fourth-order valence-electron chi connectivity index (χ4n) is 2.28. The first kappa shape index (κ1) is 12.4. The summed E-state index contributed by atoms with van der Waals surface area (Å²) in [6.45, 7) is 0. The van der Waals surface area contributed by atoms with Gasteiger partial charge in [-0.3, -0.25) is 0 Å². The summed E-state index contributed by atoms with van der Waals surface area (Å²) in [5, 5.41) is 0. The molecule has 0 radical (unpaired) electrons. The zero-order chi connectivity index (χ0) is 13.2. The molecule has 3 rings (SSSR count). The van der Waals surface area contributed by atoms with Gasteiger partial charge in [0.25, 0.3) is 0 Å². The van der Waals surface area contributed by atoms with Gasteiger partial charge in [-0.05, 0) is 37.5 Å². The number of hydrogen-bond donors (Lipinski definition) is 1. The van der Waals surface area contributed by atoms with Crippen LogP contribution in [0.5, 0.6) is 0 Å². The average Bonchev–Trinajstić information content (AvgIpc) is 2.85. The predicted octanol–water partition coefficient (Wildman–Crippen LogP) is 2.98. The average molecular weight is 275 g/mol. The highest BCUT2D eigenvalue weighted by atomic mass is 32.2. The van der Waals surface area contributed by atoms with Gasteiger partial charge in [0.2, 0.25) is 0 Å². The van der Waals surface area contributed by atoms with E-state index in [9.17, 15) is 4.39 Å². The van der Waals surface area contributed by atoms with Gasteiger partial charge in [0.15, 0.2) is 0 Å². The van der Waals surface area contributed by atoms with E-state index < -0.39 is 0 Å². The number of fused-ring (bicyclic) bond motifs is 1. The highest BCUT2D eigenvalue weighted by Crippen LogP contribution is 2.27. The molecule has 2 aromatic rings. The molecule has 1 aromatic carbocycles. The summed E-state index contributed by atoms with van der Waals surface area (Å²) in [7, 11) is 0. The van der Waals surface area contributed by atoms with E-state index in [4.69, 9.17) is 5.73 Å². The maximum atomic E-state index is 13.1. The molecule has 1 heterocycles. The van der Waals surface area contributed by atoms with Gasteiger partial charge in [-0.25, -0.2) is 14.4 Å². The fourth-order valence-corrected chi connectivity index (χ4v) is 3.08. The lowest BCUT2D eigenvalue weighted by Crippen LogP contribution is -2.04. The van der Waals surface area contributed by atoms with E-state index in [1.807, 2.05) is 6.07 Å². The molecule has 0 spiro atoms. The summed E-state index contributed by atoms with van der Waals surface area (Å²) < 4.78 is 13.1. The van der Waals surface area contributed by atoms with Crippen molar-refractivity contribution >= 4 is 17.6 Å². The van der Waals surface area contributed by atoms with Crippen LogP contribution in [0.3, 0.4) is 0 Å². The summed E-state index contributed by atoms with van der Waals surface area (Å²) in [6, 6.07) is 6.54. The minimum atomic E-state index is -0.223. The largest absolute Gasteiger partial charge is 0.383 e. The third-order valence-corrected chi connectivity index (χ3v) is 4.17. The standard InChI is InChI=1S/C14H14FN3S/c15-9-3-1-4-10(7-9)19-8-13-17-12-6-2-5-11(12)14(16)18-13/h1,3-4,7H,2,5-6,8H2,(H2,16,17,18). The predicted molar refractivity (Wildman–Crippen MR) is 74.4 cm³/mol. The van der Waals surface area contributed by atoms with Gasteiger partial charge in [0.1, 0.15) is 17.5 Å². The Balaban J connectivity index is 1.76. The van der Waals surface area contributed by atoms with Crippen LogP contribution in [0.1, 0.15) is 23.5 Å². The molecular weight excluding hydrogens is 261 g/mol. The lowest BCUT2D eigenvalue weighted by molar-refractivity contribution is 0.624. The minimum absolute atomic E-state index is 0.223. The Hall–Kier alpha value is -1.62. The van der Waals surface area contributed by atoms with E-state index in [0.717, 1.165) is 41.2 Å². The molecule has 1 aromatic heterocycles. The zero-order valence-corrected chi connectivity index (χ0v) is 11.2. The van der Waals surface area contributed by atoms with E-state index in [-0.39, 0.29) is 5.82 Å². The van der Waals surface area contributed by atoms with Crippen LogP contribution in [0.25, 0.3) is 0 Å². The van der Waals surface area contributed by atoms with Gasteiger partial charge >= 0.3 is 0 Å². The molecule has 0 aliphatic heterocycles. The van der Waals surface area contributed by atoms with Gasteiger partial charge in [-0.1, -0.05) is 6.07 Å². The monoisotopic (exact) mass is 275 g/mol. The molecule has 2 N–H and O–H groups in total. The van der Waals surface area contributed by atoms with E-state index in [0.29, 0.717) is 11.6 Å². The number of aryl methyl sites for hydroxylation is 1. The second kappa shape index (κ2) is 5.17. The van der Waals surface area contributed by atoms with Crippen LogP contribution in [0.4, 0.5) is 10.2 Å². The lowest BCUT2D eigenvalue weighted by Gasteiger charge is -2.06. The van der Waals surface area contributed by atoms with E-state index in [2.05, 4.69) is 9.97 Å². The molecule has 5 heteroatoms. The summed E-state index contributed by atoms with van der Waals surface area (Å²) in [4.78, 5) is 9.76. The second-order valence-electron chi connectivity index (χ2n) is 4.55. The van der Waals surface area contributed by atoms with E-state index in [1.165, 1.54) is 23.9 Å². The first-order valence-electron chi connectivity index (χ1n) is 6.25. The Morgan fingerprint density at radius 2 is 2.16 bits per heavy atom. The SMILES string of the molecule is Nc1nc(CSc2cccc(F)c2)nc2c1CCC2. The normalized spacial score (nSPS) is 13.5. The molecule has 19 heavy (non-hydrogen) atoms. The van der Waals surface area contributed by atoms with E-state index >= 15 is 0 Å². The van der Waals surface area contributed by atoms with Crippen molar-refractivity contribution in [3.05, 3.63) is 47.2 Å². The zero-order valence-electron chi connectivity index (χ0n) is 10.4. The molecule has 1 aliphatic rings. The molecule has 0 saturated heterocycles. The quantitative estimate of drug-likeness (QED) is 0.875. The van der Waals surface area contributed by atoms with Crippen molar-refractivity contribution in [2.75, 3.05) is 5.73 Å². The molecule has 0 fully saturated rings. The van der Waals surface area contributed by atoms with Crippen LogP contribution in [-0.2, 0) is 18.6 Å². The van der Waals surface area contributed by atoms with Crippen molar-refractivity contribution in [1.82, 2.24) is 9.97 Å². The number of rotatable bonds is 3. The third kappa shape index (κ3) is 2.71. The molecular formula is C14H14FN3S. The van der Waals surface area contributed by atoms with Crippen LogP contribution in [0.2, 0.25) is 0 Å². The van der Waals surface area contributed by atoms with Gasteiger partial charge in [0, 0.05) is 16.2 Å². The molecule has 98 valence electrons. The molecule has 0 atom stereocenters. The smallest absolute Gasteiger partial charge is 0.141 e. The second-order valence-corrected chi connectivity index (χ2v) is 5.60. The molecule has 0 saturated carbocycles. The number of nitrogens with two attached hydrogens (primary N) is 1. The molecule has 3 nitrogen and oxygen atoms in total. The molecule has 0 bridgehead atoms. The molecule has 1 aliphatic carbocycles. The van der Waals surface area contributed by atoms with Crippen molar-refractivity contribution in [2.45, 2.75) is 29.9 Å². The number of halogens is 1. The summed E-state index contributed by atoms with van der Waals surface area (Å²) in [5.41, 5.74) is 8.14. The number of nitrogen functional groups attached to an aromatic ring is 1. The van der Waals surface area contributed by atoms with Crippen LogP contribution in [-0.4, -0.2) is 9.97 Å². The Morgan fingerprint density at radius 3 is 3.00 bits per heavy atom. The molecule has 0 amide bonds. The lowest BCUT2D eigenvalue weighted by atomic mass is 10.2. The van der Waals surface area contributed by atoms with Crippen molar-refractivity contribution < 1.29 is 4.39 Å². The van der Waals surface area contributed by atoms with Crippen LogP contribution < -0.4 is 5.73 Å². The van der Waals surface area contributed by atoms with Crippen molar-refractivity contribution in [3.63, 3.8) is 0 Å². The Morgan fingerprint density at radius 1 is 1.26 bits per heavy atom. The maximum absolute atomic E-state index is 13.1. The van der Waals surface area contributed by atoms with Crippen molar-refractivity contribution in [3.8, 4) is 0 Å². The summed E-state index contributed by atoms with van der Waals surface area (Å²) >= 11 is 1.52. The van der Waals surface area contributed by atoms with E-state index in [1.54, 1.807) is 6.07 Å².